The summed E-state index contributed by atoms with van der Waals surface area (Å²) in [6, 6.07) is 12.6. The van der Waals surface area contributed by atoms with Gasteiger partial charge >= 0.3 is 0 Å². The van der Waals surface area contributed by atoms with Gasteiger partial charge in [0, 0.05) is 12.0 Å². The van der Waals surface area contributed by atoms with Crippen LogP contribution in [-0.2, 0) is 12.8 Å². The van der Waals surface area contributed by atoms with E-state index >= 15 is 0 Å². The van der Waals surface area contributed by atoms with Crippen molar-refractivity contribution in [1.82, 2.24) is 0 Å². The third-order valence-corrected chi connectivity index (χ3v) is 3.30. The molecule has 0 unspecified atom stereocenters. The van der Waals surface area contributed by atoms with Gasteiger partial charge in [-0.2, -0.15) is 0 Å². The molecular weight excluding hydrogens is 220 g/mol. The number of hydrogen-bond acceptors (Lipinski definition) is 1. The summed E-state index contributed by atoms with van der Waals surface area (Å²) in [4.78, 5) is 0. The van der Waals surface area contributed by atoms with E-state index in [4.69, 9.17) is 4.42 Å². The maximum atomic E-state index is 6.04. The van der Waals surface area contributed by atoms with Crippen LogP contribution < -0.4 is 0 Å². The molecule has 0 bridgehead atoms. The first-order valence-corrected chi connectivity index (χ1v) is 7.02. The van der Waals surface area contributed by atoms with Crippen LogP contribution in [0.5, 0.6) is 0 Å². The Morgan fingerprint density at radius 1 is 1.00 bits per heavy atom. The molecule has 0 amide bonds. The molecule has 0 aliphatic rings. The molecular formula is C17H22O. The van der Waals surface area contributed by atoms with Gasteiger partial charge in [-0.05, 0) is 24.5 Å². The van der Waals surface area contributed by atoms with Gasteiger partial charge in [0.15, 0.2) is 0 Å². The summed E-state index contributed by atoms with van der Waals surface area (Å²) in [5.41, 5.74) is 2.52. The van der Waals surface area contributed by atoms with Gasteiger partial charge in [0.1, 0.15) is 11.5 Å². The van der Waals surface area contributed by atoms with E-state index in [0.29, 0.717) is 0 Å². The van der Waals surface area contributed by atoms with Crippen molar-refractivity contribution in [2.45, 2.75) is 46.0 Å². The van der Waals surface area contributed by atoms with E-state index in [1.54, 1.807) is 0 Å². The molecule has 1 heteroatoms. The van der Waals surface area contributed by atoms with E-state index in [2.05, 4.69) is 44.2 Å². The van der Waals surface area contributed by atoms with E-state index < -0.39 is 0 Å². The minimum absolute atomic E-state index is 1.03. The molecule has 0 aliphatic heterocycles. The molecule has 1 nitrogen and oxygen atoms in total. The standard InChI is InChI=1S/C17H22O/c1-3-5-7-12-16-13-14(4-2)17(18-16)15-10-8-6-9-11-15/h6,8-11,13H,3-5,7,12H2,1-2H3. The van der Waals surface area contributed by atoms with Gasteiger partial charge in [-0.3, -0.25) is 0 Å². The van der Waals surface area contributed by atoms with Crippen LogP contribution in [0.3, 0.4) is 0 Å². The van der Waals surface area contributed by atoms with Gasteiger partial charge in [-0.25, -0.2) is 0 Å². The molecule has 1 aromatic heterocycles. The molecule has 1 aromatic carbocycles. The van der Waals surface area contributed by atoms with Gasteiger partial charge in [0.2, 0.25) is 0 Å². The fourth-order valence-corrected chi connectivity index (χ4v) is 2.25. The van der Waals surface area contributed by atoms with Crippen molar-refractivity contribution in [3.05, 3.63) is 47.7 Å². The van der Waals surface area contributed by atoms with Crippen molar-refractivity contribution in [3.63, 3.8) is 0 Å². The van der Waals surface area contributed by atoms with E-state index in [0.717, 1.165) is 24.4 Å². The topological polar surface area (TPSA) is 13.1 Å². The molecule has 96 valence electrons. The van der Waals surface area contributed by atoms with E-state index in [1.807, 2.05) is 6.07 Å². The van der Waals surface area contributed by atoms with Gasteiger partial charge in [-0.1, -0.05) is 57.0 Å². The number of aryl methyl sites for hydroxylation is 2. The Balaban J connectivity index is 2.19. The lowest BCUT2D eigenvalue weighted by atomic mass is 10.1. The first-order chi connectivity index (χ1) is 8.85. The summed E-state index contributed by atoms with van der Waals surface area (Å²) in [5.74, 6) is 2.20. The summed E-state index contributed by atoms with van der Waals surface area (Å²) >= 11 is 0. The van der Waals surface area contributed by atoms with E-state index in [1.165, 1.54) is 30.4 Å². The number of hydrogen-bond donors (Lipinski definition) is 0. The molecule has 0 atom stereocenters. The van der Waals surface area contributed by atoms with Crippen molar-refractivity contribution < 1.29 is 4.42 Å². The second kappa shape index (κ2) is 6.44. The summed E-state index contributed by atoms with van der Waals surface area (Å²) < 4.78 is 6.04. The van der Waals surface area contributed by atoms with Crippen molar-refractivity contribution in [2.75, 3.05) is 0 Å². The monoisotopic (exact) mass is 242 g/mol. The van der Waals surface area contributed by atoms with Crippen LogP contribution in [0.25, 0.3) is 11.3 Å². The lowest BCUT2D eigenvalue weighted by molar-refractivity contribution is 0.507. The minimum Gasteiger partial charge on any atom is -0.461 e. The van der Waals surface area contributed by atoms with Crippen LogP contribution in [0.1, 0.15) is 44.4 Å². The summed E-state index contributed by atoms with van der Waals surface area (Å²) in [6.07, 6.45) is 5.85. The minimum atomic E-state index is 1.03. The van der Waals surface area contributed by atoms with E-state index in [9.17, 15) is 0 Å². The molecule has 0 aliphatic carbocycles. The molecule has 0 N–H and O–H groups in total. The number of rotatable bonds is 6. The summed E-state index contributed by atoms with van der Waals surface area (Å²) in [5, 5.41) is 0. The number of unbranched alkanes of at least 4 members (excludes halogenated alkanes) is 2. The Kier molecular flexibility index (Phi) is 4.63. The molecule has 0 saturated carbocycles. The zero-order valence-electron chi connectivity index (χ0n) is 11.4. The van der Waals surface area contributed by atoms with Gasteiger partial charge < -0.3 is 4.42 Å². The summed E-state index contributed by atoms with van der Waals surface area (Å²) in [6.45, 7) is 4.42. The highest BCUT2D eigenvalue weighted by molar-refractivity contribution is 5.61. The van der Waals surface area contributed by atoms with Crippen LogP contribution >= 0.6 is 0 Å². The number of benzene rings is 1. The first-order valence-electron chi connectivity index (χ1n) is 7.02. The third kappa shape index (κ3) is 3.04. The maximum Gasteiger partial charge on any atom is 0.137 e. The molecule has 0 spiro atoms. The van der Waals surface area contributed by atoms with Gasteiger partial charge in [-0.15, -0.1) is 0 Å². The Hall–Kier alpha value is -1.50. The average Bonchev–Trinajstić information content (AvgIpc) is 2.83. The maximum absolute atomic E-state index is 6.04. The quantitative estimate of drug-likeness (QED) is 0.631. The van der Waals surface area contributed by atoms with Gasteiger partial charge in [0.05, 0.1) is 0 Å². The Morgan fingerprint density at radius 2 is 1.78 bits per heavy atom. The molecule has 0 saturated heterocycles. The number of furan rings is 1. The van der Waals surface area contributed by atoms with Crippen molar-refractivity contribution in [2.24, 2.45) is 0 Å². The smallest absolute Gasteiger partial charge is 0.137 e. The Bertz CT molecular complexity index is 468. The van der Waals surface area contributed by atoms with Crippen molar-refractivity contribution in [1.29, 1.82) is 0 Å². The van der Waals surface area contributed by atoms with Crippen LogP contribution in [0.4, 0.5) is 0 Å². The molecule has 2 rings (SSSR count). The highest BCUT2D eigenvalue weighted by atomic mass is 16.3. The highest BCUT2D eigenvalue weighted by Crippen LogP contribution is 2.28. The fourth-order valence-electron chi connectivity index (χ4n) is 2.25. The van der Waals surface area contributed by atoms with E-state index in [-0.39, 0.29) is 0 Å². The zero-order chi connectivity index (χ0) is 12.8. The van der Waals surface area contributed by atoms with Gasteiger partial charge in [0.25, 0.3) is 0 Å². The SMILES string of the molecule is CCCCCc1cc(CC)c(-c2ccccc2)o1. The average molecular weight is 242 g/mol. The zero-order valence-corrected chi connectivity index (χ0v) is 11.4. The molecule has 18 heavy (non-hydrogen) atoms. The largest absolute Gasteiger partial charge is 0.461 e. The summed E-state index contributed by atoms with van der Waals surface area (Å²) in [7, 11) is 0. The van der Waals surface area contributed by atoms with Crippen molar-refractivity contribution in [3.8, 4) is 11.3 Å². The fraction of sp³-hybridized carbons (Fsp3) is 0.412. The van der Waals surface area contributed by atoms with Crippen LogP contribution in [-0.4, -0.2) is 0 Å². The normalized spacial score (nSPS) is 10.8. The molecule has 0 radical (unpaired) electrons. The Morgan fingerprint density at radius 3 is 2.44 bits per heavy atom. The van der Waals surface area contributed by atoms with Crippen LogP contribution in [0, 0.1) is 0 Å². The molecule has 1 heterocycles. The second-order valence-corrected chi connectivity index (χ2v) is 4.74. The van der Waals surface area contributed by atoms with Crippen LogP contribution in [0.15, 0.2) is 40.8 Å². The predicted octanol–water partition coefficient (Wildman–Crippen LogP) is 5.24. The predicted molar refractivity (Wildman–Crippen MR) is 76.8 cm³/mol. The van der Waals surface area contributed by atoms with Crippen LogP contribution in [0.2, 0.25) is 0 Å². The van der Waals surface area contributed by atoms with Crippen molar-refractivity contribution >= 4 is 0 Å². The lowest BCUT2D eigenvalue weighted by Gasteiger charge is -1.99. The highest BCUT2D eigenvalue weighted by Gasteiger charge is 2.11. The first kappa shape index (κ1) is 12.9. The molecule has 0 fully saturated rings. The second-order valence-electron chi connectivity index (χ2n) is 4.74. The molecule has 2 aromatic rings. The Labute approximate surface area is 110 Å². The lowest BCUT2D eigenvalue weighted by Crippen LogP contribution is -1.81. The third-order valence-electron chi connectivity index (χ3n) is 3.30.